The van der Waals surface area contributed by atoms with E-state index in [-0.39, 0.29) is 17.7 Å². The van der Waals surface area contributed by atoms with Gasteiger partial charge in [-0.05, 0) is 25.0 Å². The molecule has 172 valence electrons. The van der Waals surface area contributed by atoms with Crippen molar-refractivity contribution >= 4 is 11.8 Å². The molecule has 1 aromatic heterocycles. The first-order valence-electron chi connectivity index (χ1n) is 11.3. The van der Waals surface area contributed by atoms with Gasteiger partial charge in [0.2, 0.25) is 5.91 Å². The number of fused-ring (bicyclic) bond motifs is 1. The molecule has 8 heteroatoms. The molecule has 0 saturated carbocycles. The number of amides is 2. The van der Waals surface area contributed by atoms with Crippen LogP contribution in [0.1, 0.15) is 61.3 Å². The number of hydrogen-bond acceptors (Lipinski definition) is 5. The van der Waals surface area contributed by atoms with E-state index in [1.165, 1.54) is 0 Å². The molecule has 1 atom stereocenters. The molecular formula is C24H32N4O4. The Morgan fingerprint density at radius 1 is 1.16 bits per heavy atom. The van der Waals surface area contributed by atoms with Crippen molar-refractivity contribution in [3.05, 3.63) is 47.3 Å². The Labute approximate surface area is 188 Å². The lowest BCUT2D eigenvalue weighted by molar-refractivity contribution is -0.138. The van der Waals surface area contributed by atoms with Gasteiger partial charge in [0.15, 0.2) is 0 Å². The second-order valence-electron chi connectivity index (χ2n) is 9.13. The Bertz CT molecular complexity index is 994. The maximum atomic E-state index is 13.5. The average Bonchev–Trinajstić information content (AvgIpc) is 3.09. The van der Waals surface area contributed by atoms with Crippen molar-refractivity contribution in [3.8, 4) is 5.75 Å². The second-order valence-corrected chi connectivity index (χ2v) is 9.13. The minimum atomic E-state index is -0.679. The molecule has 8 nitrogen and oxygen atoms in total. The third-order valence-corrected chi connectivity index (χ3v) is 6.30. The number of aromatic nitrogens is 2. The van der Waals surface area contributed by atoms with Gasteiger partial charge in [0, 0.05) is 32.0 Å². The summed E-state index contributed by atoms with van der Waals surface area (Å²) in [5, 5.41) is 7.27. The summed E-state index contributed by atoms with van der Waals surface area (Å²) in [5.74, 6) is 0.600. The molecular weight excluding hydrogens is 408 g/mol. The predicted molar refractivity (Wildman–Crippen MR) is 119 cm³/mol. The number of nitrogens with zero attached hydrogens (tertiary/aromatic N) is 3. The topological polar surface area (TPSA) is 85.7 Å². The molecule has 2 amide bonds. The predicted octanol–water partition coefficient (Wildman–Crippen LogP) is 2.63. The van der Waals surface area contributed by atoms with E-state index in [0.717, 1.165) is 29.8 Å². The molecule has 1 spiro atoms. The third-order valence-electron chi connectivity index (χ3n) is 6.30. The zero-order chi connectivity index (χ0) is 22.9. The van der Waals surface area contributed by atoms with Gasteiger partial charge in [-0.3, -0.25) is 14.3 Å². The molecule has 4 rings (SSSR count). The summed E-state index contributed by atoms with van der Waals surface area (Å²) in [5.41, 5.74) is 1.78. The molecule has 2 aliphatic heterocycles. The van der Waals surface area contributed by atoms with Crippen LogP contribution in [0.15, 0.2) is 30.3 Å². The second kappa shape index (κ2) is 8.94. The van der Waals surface area contributed by atoms with E-state index in [1.807, 2.05) is 43.0 Å². The number of benzene rings is 1. The van der Waals surface area contributed by atoms with Gasteiger partial charge in [0.05, 0.1) is 25.5 Å². The number of aryl methyl sites for hydroxylation is 1. The maximum Gasteiger partial charge on any atom is 0.270 e. The van der Waals surface area contributed by atoms with Crippen LogP contribution >= 0.6 is 0 Å². The van der Waals surface area contributed by atoms with Crippen molar-refractivity contribution in [2.24, 2.45) is 7.05 Å². The van der Waals surface area contributed by atoms with Crippen molar-refractivity contribution in [2.45, 2.75) is 57.7 Å². The van der Waals surface area contributed by atoms with Crippen molar-refractivity contribution in [3.63, 3.8) is 0 Å². The Morgan fingerprint density at radius 2 is 1.88 bits per heavy atom. The molecule has 1 N–H and O–H groups in total. The van der Waals surface area contributed by atoms with Gasteiger partial charge in [0.1, 0.15) is 23.1 Å². The molecule has 1 fully saturated rings. The largest absolute Gasteiger partial charge is 0.485 e. The van der Waals surface area contributed by atoms with Gasteiger partial charge in [-0.1, -0.05) is 32.0 Å². The van der Waals surface area contributed by atoms with Gasteiger partial charge in [-0.25, -0.2) is 0 Å². The molecule has 0 aliphatic carbocycles. The summed E-state index contributed by atoms with van der Waals surface area (Å²) in [6.07, 6.45) is 1.44. The molecule has 0 unspecified atom stereocenters. The highest BCUT2D eigenvalue weighted by Crippen LogP contribution is 2.35. The number of para-hydroxylation sites is 1. The number of hydrogen-bond donors (Lipinski definition) is 1. The van der Waals surface area contributed by atoms with Crippen LogP contribution in [0.5, 0.6) is 5.75 Å². The molecule has 32 heavy (non-hydrogen) atoms. The van der Waals surface area contributed by atoms with Crippen LogP contribution in [-0.4, -0.2) is 57.9 Å². The van der Waals surface area contributed by atoms with Crippen LogP contribution in [0.3, 0.4) is 0 Å². The van der Waals surface area contributed by atoms with Gasteiger partial charge >= 0.3 is 0 Å². The molecule has 2 aromatic rings. The highest BCUT2D eigenvalue weighted by Gasteiger charge is 2.41. The van der Waals surface area contributed by atoms with Crippen LogP contribution < -0.4 is 10.1 Å². The number of carbonyl (C=O) groups is 2. The van der Waals surface area contributed by atoms with Crippen LogP contribution in [0.25, 0.3) is 0 Å². The van der Waals surface area contributed by atoms with E-state index in [0.29, 0.717) is 32.0 Å². The Hall–Kier alpha value is -2.87. The number of ether oxygens (including phenoxy) is 2. The molecule has 0 bridgehead atoms. The number of rotatable bonds is 4. The maximum absolute atomic E-state index is 13.5. The number of carbonyl (C=O) groups excluding carboxylic acids is 2. The Balaban J connectivity index is 1.52. The van der Waals surface area contributed by atoms with Crippen LogP contribution in [0.2, 0.25) is 0 Å². The minimum Gasteiger partial charge on any atom is -0.485 e. The first kappa shape index (κ1) is 22.3. The van der Waals surface area contributed by atoms with E-state index in [9.17, 15) is 9.59 Å². The lowest BCUT2D eigenvalue weighted by atomic mass is 9.93. The van der Waals surface area contributed by atoms with Crippen LogP contribution in [0.4, 0.5) is 0 Å². The fourth-order valence-electron chi connectivity index (χ4n) is 4.36. The highest BCUT2D eigenvalue weighted by atomic mass is 16.5. The van der Waals surface area contributed by atoms with E-state index >= 15 is 0 Å². The lowest BCUT2D eigenvalue weighted by Crippen LogP contribution is -2.54. The standard InChI is InChI=1S/C24H32N4O4/c1-16(2)19-13-20(27(4)26-19)22(29)25-17(3)23(30)28-14-18-7-5-6-8-21(18)32-24(15-28)9-11-31-12-10-24/h5-8,13,16-17H,9-12,14-15H2,1-4H3,(H,25,29)/t17-/m0/s1. The molecule has 3 heterocycles. The van der Waals surface area contributed by atoms with Crippen LogP contribution in [0, 0.1) is 0 Å². The lowest BCUT2D eigenvalue weighted by Gasteiger charge is -2.39. The zero-order valence-electron chi connectivity index (χ0n) is 19.3. The first-order valence-corrected chi connectivity index (χ1v) is 11.3. The number of nitrogens with one attached hydrogen (secondary N) is 1. The monoisotopic (exact) mass is 440 g/mol. The first-order chi connectivity index (χ1) is 15.3. The van der Waals surface area contributed by atoms with E-state index < -0.39 is 11.6 Å². The van der Waals surface area contributed by atoms with Gasteiger partial charge in [-0.15, -0.1) is 0 Å². The summed E-state index contributed by atoms with van der Waals surface area (Å²) >= 11 is 0. The third kappa shape index (κ3) is 4.50. The minimum absolute atomic E-state index is 0.129. The summed E-state index contributed by atoms with van der Waals surface area (Å²) in [7, 11) is 1.74. The molecule has 2 aliphatic rings. The summed E-state index contributed by atoms with van der Waals surface area (Å²) in [6, 6.07) is 8.95. The molecule has 1 aromatic carbocycles. The quantitative estimate of drug-likeness (QED) is 0.790. The Kier molecular flexibility index (Phi) is 6.24. The van der Waals surface area contributed by atoms with Gasteiger partial charge in [0.25, 0.3) is 5.91 Å². The van der Waals surface area contributed by atoms with Crippen molar-refractivity contribution < 1.29 is 19.1 Å². The summed E-state index contributed by atoms with van der Waals surface area (Å²) in [4.78, 5) is 28.1. The van der Waals surface area contributed by atoms with Gasteiger partial charge < -0.3 is 19.7 Å². The fraction of sp³-hybridized carbons (Fsp3) is 0.542. The van der Waals surface area contributed by atoms with Crippen molar-refractivity contribution in [2.75, 3.05) is 19.8 Å². The highest BCUT2D eigenvalue weighted by molar-refractivity contribution is 5.96. The van der Waals surface area contributed by atoms with E-state index in [1.54, 1.807) is 24.7 Å². The summed E-state index contributed by atoms with van der Waals surface area (Å²) < 4.78 is 13.6. The fourth-order valence-corrected chi connectivity index (χ4v) is 4.36. The van der Waals surface area contributed by atoms with Crippen LogP contribution in [-0.2, 0) is 23.1 Å². The zero-order valence-corrected chi connectivity index (χ0v) is 19.3. The van der Waals surface area contributed by atoms with Gasteiger partial charge in [-0.2, -0.15) is 5.10 Å². The van der Waals surface area contributed by atoms with E-state index in [2.05, 4.69) is 10.4 Å². The molecule has 0 radical (unpaired) electrons. The smallest absolute Gasteiger partial charge is 0.270 e. The van der Waals surface area contributed by atoms with Crippen molar-refractivity contribution in [1.29, 1.82) is 0 Å². The van der Waals surface area contributed by atoms with Crippen molar-refractivity contribution in [1.82, 2.24) is 20.0 Å². The Morgan fingerprint density at radius 3 is 2.56 bits per heavy atom. The SMILES string of the molecule is CC(C)c1cc(C(=O)N[C@@H](C)C(=O)N2Cc3ccccc3OC3(CCOCC3)C2)n(C)n1. The normalized spacial score (nSPS) is 18.6. The van der Waals surface area contributed by atoms with E-state index in [4.69, 9.17) is 9.47 Å². The summed E-state index contributed by atoms with van der Waals surface area (Å²) in [6.45, 7) is 7.91. The molecule has 1 saturated heterocycles. The average molecular weight is 441 g/mol.